The van der Waals surface area contributed by atoms with E-state index in [0.717, 1.165) is 19.4 Å². The van der Waals surface area contributed by atoms with E-state index in [1.54, 1.807) is 6.07 Å². The van der Waals surface area contributed by atoms with Gasteiger partial charge in [-0.2, -0.15) is 0 Å². The van der Waals surface area contributed by atoms with Gasteiger partial charge in [0.15, 0.2) is 0 Å². The van der Waals surface area contributed by atoms with Crippen LogP contribution in [0.3, 0.4) is 0 Å². The molecule has 19 heavy (non-hydrogen) atoms. The summed E-state index contributed by atoms with van der Waals surface area (Å²) >= 11 is 12.3. The average Bonchev–Trinajstić information content (AvgIpc) is 3.11. The van der Waals surface area contributed by atoms with Crippen molar-refractivity contribution >= 4 is 33.2 Å². The lowest BCUT2D eigenvalue weighted by Gasteiger charge is -2.13. The van der Waals surface area contributed by atoms with Crippen molar-refractivity contribution in [1.29, 1.82) is 0 Å². The van der Waals surface area contributed by atoms with Crippen LogP contribution < -0.4 is 10.0 Å². The molecule has 2 rings (SSSR count). The summed E-state index contributed by atoms with van der Waals surface area (Å²) in [5.41, 5.74) is 0.615. The Labute approximate surface area is 123 Å². The number of halogens is 2. The van der Waals surface area contributed by atoms with Gasteiger partial charge in [0, 0.05) is 23.2 Å². The van der Waals surface area contributed by atoms with Crippen LogP contribution in [0.2, 0.25) is 10.0 Å². The van der Waals surface area contributed by atoms with Crippen LogP contribution in [0.15, 0.2) is 17.0 Å². The van der Waals surface area contributed by atoms with E-state index in [1.807, 2.05) is 6.92 Å². The predicted octanol–water partition coefficient (Wildman–Crippen LogP) is 2.54. The minimum atomic E-state index is -3.56. The zero-order valence-corrected chi connectivity index (χ0v) is 12.9. The van der Waals surface area contributed by atoms with E-state index >= 15 is 0 Å². The van der Waals surface area contributed by atoms with Gasteiger partial charge in [-0.1, -0.05) is 30.1 Å². The molecule has 0 unspecified atom stereocenters. The van der Waals surface area contributed by atoms with Gasteiger partial charge in [-0.3, -0.25) is 0 Å². The first-order valence-corrected chi connectivity index (χ1v) is 8.39. The van der Waals surface area contributed by atoms with Crippen molar-refractivity contribution in [2.75, 3.05) is 6.54 Å². The quantitative estimate of drug-likeness (QED) is 0.846. The molecule has 0 saturated heterocycles. The summed E-state index contributed by atoms with van der Waals surface area (Å²) in [6.45, 7) is 3.15. The lowest BCUT2D eigenvalue weighted by Crippen LogP contribution is -2.26. The van der Waals surface area contributed by atoms with Crippen molar-refractivity contribution in [3.63, 3.8) is 0 Å². The number of hydrogen-bond donors (Lipinski definition) is 2. The van der Waals surface area contributed by atoms with E-state index in [9.17, 15) is 8.42 Å². The highest BCUT2D eigenvalue weighted by Gasteiger charge is 2.30. The lowest BCUT2D eigenvalue weighted by molar-refractivity contribution is 0.581. The van der Waals surface area contributed by atoms with Gasteiger partial charge in [0.2, 0.25) is 10.0 Å². The molecular formula is C12H16Cl2N2O2S. The predicted molar refractivity (Wildman–Crippen MR) is 77.2 cm³/mol. The number of sulfonamides is 1. The van der Waals surface area contributed by atoms with Crippen LogP contribution in [-0.4, -0.2) is 21.0 Å². The van der Waals surface area contributed by atoms with Crippen LogP contribution in [0.5, 0.6) is 0 Å². The van der Waals surface area contributed by atoms with Gasteiger partial charge in [-0.05, 0) is 31.5 Å². The molecule has 1 aliphatic carbocycles. The van der Waals surface area contributed by atoms with Crippen molar-refractivity contribution in [2.45, 2.75) is 37.2 Å². The summed E-state index contributed by atoms with van der Waals surface area (Å²) in [4.78, 5) is 0.0957. The third kappa shape index (κ3) is 3.61. The first-order chi connectivity index (χ1) is 8.95. The van der Waals surface area contributed by atoms with Crippen LogP contribution in [0, 0.1) is 0 Å². The van der Waals surface area contributed by atoms with Gasteiger partial charge in [-0.25, -0.2) is 13.1 Å². The third-order valence-electron chi connectivity index (χ3n) is 2.89. The van der Waals surface area contributed by atoms with Gasteiger partial charge in [0.05, 0.1) is 5.02 Å². The molecule has 1 aromatic rings. The molecule has 106 valence electrons. The van der Waals surface area contributed by atoms with E-state index < -0.39 is 10.0 Å². The van der Waals surface area contributed by atoms with Gasteiger partial charge in [0.25, 0.3) is 0 Å². The minimum absolute atomic E-state index is 0.0500. The first-order valence-electron chi connectivity index (χ1n) is 6.15. The molecular weight excluding hydrogens is 307 g/mol. The number of nitrogens with one attached hydrogen (secondary N) is 2. The molecule has 7 heteroatoms. The standard InChI is InChI=1S/C12H16Cl2N2O2S/c1-2-15-7-9-10(13)5-6-11(12(9)14)19(17,18)16-8-3-4-8/h5-6,8,15-16H,2-4,7H2,1H3. The Morgan fingerprint density at radius 2 is 2.00 bits per heavy atom. The number of benzene rings is 1. The molecule has 0 aromatic heterocycles. The van der Waals surface area contributed by atoms with Crippen LogP contribution in [-0.2, 0) is 16.6 Å². The Hall–Kier alpha value is -0.330. The Morgan fingerprint density at radius 3 is 2.58 bits per heavy atom. The molecule has 1 aromatic carbocycles. The molecule has 0 heterocycles. The summed E-state index contributed by atoms with van der Waals surface area (Å²) in [6, 6.07) is 3.07. The van der Waals surface area contributed by atoms with Crippen LogP contribution in [0.1, 0.15) is 25.3 Å². The molecule has 0 atom stereocenters. The van der Waals surface area contributed by atoms with Crippen molar-refractivity contribution in [1.82, 2.24) is 10.0 Å². The number of hydrogen-bond acceptors (Lipinski definition) is 3. The maximum absolute atomic E-state index is 12.2. The Morgan fingerprint density at radius 1 is 1.32 bits per heavy atom. The summed E-state index contributed by atoms with van der Waals surface area (Å²) in [5, 5.41) is 3.76. The fraction of sp³-hybridized carbons (Fsp3) is 0.500. The van der Waals surface area contributed by atoms with E-state index in [2.05, 4.69) is 10.0 Å². The summed E-state index contributed by atoms with van der Waals surface area (Å²) < 4.78 is 27.0. The molecule has 0 bridgehead atoms. The zero-order valence-electron chi connectivity index (χ0n) is 10.5. The first kappa shape index (κ1) is 15.1. The van der Waals surface area contributed by atoms with Crippen LogP contribution in [0.4, 0.5) is 0 Å². The second-order valence-electron chi connectivity index (χ2n) is 4.51. The summed E-state index contributed by atoms with van der Waals surface area (Å²) in [6.07, 6.45) is 1.77. The van der Waals surface area contributed by atoms with E-state index in [4.69, 9.17) is 23.2 Å². The van der Waals surface area contributed by atoms with Crippen LogP contribution in [0.25, 0.3) is 0 Å². The highest BCUT2D eigenvalue weighted by atomic mass is 35.5. The molecule has 2 N–H and O–H groups in total. The van der Waals surface area contributed by atoms with Gasteiger partial charge in [0.1, 0.15) is 4.90 Å². The molecule has 0 radical (unpaired) electrons. The van der Waals surface area contributed by atoms with Crippen molar-refractivity contribution in [3.05, 3.63) is 27.7 Å². The topological polar surface area (TPSA) is 58.2 Å². The lowest BCUT2D eigenvalue weighted by atomic mass is 10.2. The maximum Gasteiger partial charge on any atom is 0.242 e. The summed E-state index contributed by atoms with van der Waals surface area (Å²) in [5.74, 6) is 0. The Balaban J connectivity index is 2.35. The molecule has 0 amide bonds. The molecule has 4 nitrogen and oxygen atoms in total. The Bertz CT molecular complexity index is 571. The number of rotatable bonds is 6. The largest absolute Gasteiger partial charge is 0.313 e. The maximum atomic E-state index is 12.2. The Kier molecular flexibility index (Phi) is 4.74. The second-order valence-corrected chi connectivity index (χ2v) is 6.98. The van der Waals surface area contributed by atoms with Crippen molar-refractivity contribution in [3.8, 4) is 0 Å². The molecule has 0 aliphatic heterocycles. The summed E-state index contributed by atoms with van der Waals surface area (Å²) in [7, 11) is -3.56. The monoisotopic (exact) mass is 322 g/mol. The average molecular weight is 323 g/mol. The highest BCUT2D eigenvalue weighted by Crippen LogP contribution is 2.32. The van der Waals surface area contributed by atoms with Gasteiger partial charge < -0.3 is 5.32 Å². The third-order valence-corrected chi connectivity index (χ3v) is 5.35. The van der Waals surface area contributed by atoms with E-state index in [0.29, 0.717) is 17.1 Å². The van der Waals surface area contributed by atoms with Crippen LogP contribution >= 0.6 is 23.2 Å². The molecule has 0 spiro atoms. The second kappa shape index (κ2) is 5.97. The minimum Gasteiger partial charge on any atom is -0.313 e. The fourth-order valence-electron chi connectivity index (χ4n) is 1.68. The molecule has 1 saturated carbocycles. The highest BCUT2D eigenvalue weighted by molar-refractivity contribution is 7.89. The zero-order chi connectivity index (χ0) is 14.0. The molecule has 1 fully saturated rings. The van der Waals surface area contributed by atoms with Gasteiger partial charge >= 0.3 is 0 Å². The van der Waals surface area contributed by atoms with Crippen molar-refractivity contribution in [2.24, 2.45) is 0 Å². The fourth-order valence-corrected chi connectivity index (χ4v) is 3.90. The normalized spacial score (nSPS) is 15.7. The molecule has 1 aliphatic rings. The van der Waals surface area contributed by atoms with Crippen molar-refractivity contribution < 1.29 is 8.42 Å². The van der Waals surface area contributed by atoms with E-state index in [1.165, 1.54) is 6.07 Å². The van der Waals surface area contributed by atoms with Gasteiger partial charge in [-0.15, -0.1) is 0 Å². The smallest absolute Gasteiger partial charge is 0.242 e. The van der Waals surface area contributed by atoms with E-state index in [-0.39, 0.29) is 16.0 Å². The SMILES string of the molecule is CCNCc1c(Cl)ccc(S(=O)(=O)NC2CC2)c1Cl.